The zero-order valence-electron chi connectivity index (χ0n) is 8.18. The minimum Gasteiger partial charge on any atom is -0.330 e. The van der Waals surface area contributed by atoms with E-state index in [0.717, 1.165) is 18.4 Å². The van der Waals surface area contributed by atoms with Gasteiger partial charge in [0.15, 0.2) is 0 Å². The van der Waals surface area contributed by atoms with Crippen molar-refractivity contribution >= 4 is 0 Å². The number of rotatable bonds is 4. The smallest absolute Gasteiger partial charge is 0.00488 e. The van der Waals surface area contributed by atoms with Crippen molar-refractivity contribution in [2.45, 2.75) is 32.1 Å². The number of nitrogens with one attached hydrogen (secondary N) is 1. The van der Waals surface area contributed by atoms with E-state index >= 15 is 0 Å². The molecule has 0 heterocycles. The molecule has 0 aromatic carbocycles. The predicted molar refractivity (Wildman–Crippen MR) is 53.0 cm³/mol. The molecular weight excluding hydrogens is 148 g/mol. The van der Waals surface area contributed by atoms with Crippen LogP contribution in [0.1, 0.15) is 32.1 Å². The van der Waals surface area contributed by atoms with Crippen LogP contribution in [0.15, 0.2) is 0 Å². The maximum atomic E-state index is 5.68. The summed E-state index contributed by atoms with van der Waals surface area (Å²) in [5, 5.41) is 3.22. The van der Waals surface area contributed by atoms with Crippen LogP contribution in [0.2, 0.25) is 0 Å². The topological polar surface area (TPSA) is 38.0 Å². The summed E-state index contributed by atoms with van der Waals surface area (Å²) in [6, 6.07) is 0. The van der Waals surface area contributed by atoms with Crippen molar-refractivity contribution in [3.05, 3.63) is 0 Å². The monoisotopic (exact) mass is 170 g/mol. The molecule has 0 spiro atoms. The molecular formula is C10H22N2. The Morgan fingerprint density at radius 3 is 2.75 bits per heavy atom. The number of hydrogen-bond acceptors (Lipinski definition) is 2. The molecule has 2 atom stereocenters. The Morgan fingerprint density at radius 1 is 1.33 bits per heavy atom. The van der Waals surface area contributed by atoms with Crippen LogP contribution < -0.4 is 11.1 Å². The second-order valence-corrected chi connectivity index (χ2v) is 4.03. The van der Waals surface area contributed by atoms with Crippen molar-refractivity contribution in [3.63, 3.8) is 0 Å². The van der Waals surface area contributed by atoms with Crippen molar-refractivity contribution in [3.8, 4) is 0 Å². The molecule has 2 unspecified atom stereocenters. The molecule has 0 aliphatic heterocycles. The summed E-state index contributed by atoms with van der Waals surface area (Å²) in [4.78, 5) is 0. The summed E-state index contributed by atoms with van der Waals surface area (Å²) in [5.74, 6) is 1.76. The van der Waals surface area contributed by atoms with Gasteiger partial charge in [-0.25, -0.2) is 0 Å². The van der Waals surface area contributed by atoms with Crippen LogP contribution in [0.25, 0.3) is 0 Å². The minimum absolute atomic E-state index is 0.820. The predicted octanol–water partition coefficient (Wildman–Crippen LogP) is 1.36. The van der Waals surface area contributed by atoms with Gasteiger partial charge < -0.3 is 11.1 Å². The highest BCUT2D eigenvalue weighted by Gasteiger charge is 2.19. The first-order valence-electron chi connectivity index (χ1n) is 5.21. The Hall–Kier alpha value is -0.0800. The molecule has 1 saturated carbocycles. The van der Waals surface area contributed by atoms with Crippen LogP contribution in [0.3, 0.4) is 0 Å². The molecule has 12 heavy (non-hydrogen) atoms. The van der Waals surface area contributed by atoms with Gasteiger partial charge in [0.05, 0.1) is 0 Å². The Kier molecular flexibility index (Phi) is 4.62. The van der Waals surface area contributed by atoms with E-state index in [1.165, 1.54) is 38.6 Å². The van der Waals surface area contributed by atoms with Gasteiger partial charge in [-0.2, -0.15) is 0 Å². The van der Waals surface area contributed by atoms with Gasteiger partial charge in [-0.15, -0.1) is 0 Å². The van der Waals surface area contributed by atoms with Gasteiger partial charge in [0.1, 0.15) is 0 Å². The molecule has 1 rings (SSSR count). The third-order valence-corrected chi connectivity index (χ3v) is 3.03. The fourth-order valence-corrected chi connectivity index (χ4v) is 2.23. The molecule has 0 radical (unpaired) electrons. The third kappa shape index (κ3) is 3.11. The SMILES string of the molecule is CNCCC1CCCC(CN)C1. The van der Waals surface area contributed by atoms with Gasteiger partial charge in [-0.1, -0.05) is 12.8 Å². The molecule has 0 bridgehead atoms. The lowest BCUT2D eigenvalue weighted by Gasteiger charge is -2.28. The Labute approximate surface area is 75.9 Å². The molecule has 1 fully saturated rings. The van der Waals surface area contributed by atoms with Gasteiger partial charge in [0.2, 0.25) is 0 Å². The lowest BCUT2D eigenvalue weighted by atomic mass is 9.80. The van der Waals surface area contributed by atoms with E-state index in [1.54, 1.807) is 0 Å². The fraction of sp³-hybridized carbons (Fsp3) is 1.00. The van der Waals surface area contributed by atoms with Crippen LogP contribution in [0, 0.1) is 11.8 Å². The molecule has 2 heteroatoms. The second kappa shape index (κ2) is 5.55. The Balaban J connectivity index is 2.16. The summed E-state index contributed by atoms with van der Waals surface area (Å²) < 4.78 is 0. The lowest BCUT2D eigenvalue weighted by Crippen LogP contribution is -2.24. The minimum atomic E-state index is 0.820. The van der Waals surface area contributed by atoms with Gasteiger partial charge in [0.25, 0.3) is 0 Å². The largest absolute Gasteiger partial charge is 0.330 e. The van der Waals surface area contributed by atoms with E-state index in [1.807, 2.05) is 7.05 Å². The molecule has 0 aromatic rings. The first-order chi connectivity index (χ1) is 5.86. The van der Waals surface area contributed by atoms with Crippen molar-refractivity contribution < 1.29 is 0 Å². The van der Waals surface area contributed by atoms with Gasteiger partial charge in [-0.05, 0) is 51.2 Å². The quantitative estimate of drug-likeness (QED) is 0.668. The molecule has 0 saturated heterocycles. The highest BCUT2D eigenvalue weighted by Crippen LogP contribution is 2.29. The summed E-state index contributed by atoms with van der Waals surface area (Å²) in [6.45, 7) is 2.07. The van der Waals surface area contributed by atoms with Crippen LogP contribution in [0.5, 0.6) is 0 Å². The normalized spacial score (nSPS) is 30.5. The standard InChI is InChI=1S/C10H22N2/c1-12-6-5-9-3-2-4-10(7-9)8-11/h9-10,12H,2-8,11H2,1H3. The van der Waals surface area contributed by atoms with E-state index in [9.17, 15) is 0 Å². The summed E-state index contributed by atoms with van der Waals surface area (Å²) in [5.41, 5.74) is 5.68. The first-order valence-corrected chi connectivity index (χ1v) is 5.21. The molecule has 0 amide bonds. The van der Waals surface area contributed by atoms with Crippen molar-refractivity contribution in [1.29, 1.82) is 0 Å². The molecule has 3 N–H and O–H groups in total. The van der Waals surface area contributed by atoms with Crippen LogP contribution in [0.4, 0.5) is 0 Å². The molecule has 1 aliphatic rings. The van der Waals surface area contributed by atoms with Gasteiger partial charge in [0, 0.05) is 0 Å². The van der Waals surface area contributed by atoms with Crippen molar-refractivity contribution in [1.82, 2.24) is 5.32 Å². The Morgan fingerprint density at radius 2 is 2.08 bits per heavy atom. The van der Waals surface area contributed by atoms with Crippen molar-refractivity contribution in [2.75, 3.05) is 20.1 Å². The Bertz CT molecular complexity index is 114. The highest BCUT2D eigenvalue weighted by atomic mass is 14.8. The lowest BCUT2D eigenvalue weighted by molar-refractivity contribution is 0.259. The average Bonchev–Trinajstić information content (AvgIpc) is 2.15. The van der Waals surface area contributed by atoms with E-state index in [2.05, 4.69) is 5.32 Å². The maximum Gasteiger partial charge on any atom is -0.00488 e. The summed E-state index contributed by atoms with van der Waals surface area (Å²) >= 11 is 0. The van der Waals surface area contributed by atoms with E-state index in [4.69, 9.17) is 5.73 Å². The molecule has 0 aromatic heterocycles. The van der Waals surface area contributed by atoms with Crippen molar-refractivity contribution in [2.24, 2.45) is 17.6 Å². The first kappa shape index (κ1) is 10.0. The van der Waals surface area contributed by atoms with Crippen LogP contribution >= 0.6 is 0 Å². The molecule has 1 aliphatic carbocycles. The average molecular weight is 170 g/mol. The fourth-order valence-electron chi connectivity index (χ4n) is 2.23. The highest BCUT2D eigenvalue weighted by molar-refractivity contribution is 4.73. The number of hydrogen-bond donors (Lipinski definition) is 2. The second-order valence-electron chi connectivity index (χ2n) is 4.03. The van der Waals surface area contributed by atoms with E-state index in [0.29, 0.717) is 0 Å². The zero-order valence-corrected chi connectivity index (χ0v) is 8.18. The maximum absolute atomic E-state index is 5.68. The third-order valence-electron chi connectivity index (χ3n) is 3.03. The van der Waals surface area contributed by atoms with Gasteiger partial charge in [-0.3, -0.25) is 0 Å². The van der Waals surface area contributed by atoms with Gasteiger partial charge >= 0.3 is 0 Å². The molecule has 72 valence electrons. The van der Waals surface area contributed by atoms with E-state index in [-0.39, 0.29) is 0 Å². The van der Waals surface area contributed by atoms with Crippen LogP contribution in [-0.4, -0.2) is 20.1 Å². The van der Waals surface area contributed by atoms with Crippen LogP contribution in [-0.2, 0) is 0 Å². The summed E-state index contributed by atoms with van der Waals surface area (Å²) in [6.07, 6.45) is 6.91. The van der Waals surface area contributed by atoms with E-state index < -0.39 is 0 Å². The molecule has 2 nitrogen and oxygen atoms in total. The summed E-state index contributed by atoms with van der Waals surface area (Å²) in [7, 11) is 2.03. The number of nitrogens with two attached hydrogens (primary N) is 1. The zero-order chi connectivity index (χ0) is 8.81.